The van der Waals surface area contributed by atoms with Crippen molar-refractivity contribution in [3.63, 3.8) is 0 Å². The molecular formula is C22H17Cl2F3N2O. The van der Waals surface area contributed by atoms with Gasteiger partial charge in [-0.2, -0.15) is 13.2 Å². The Morgan fingerprint density at radius 2 is 2.07 bits per heavy atom. The Kier molecular flexibility index (Phi) is 6.74. The van der Waals surface area contributed by atoms with E-state index >= 15 is 0 Å². The van der Waals surface area contributed by atoms with Crippen LogP contribution >= 0.6 is 23.2 Å². The largest absolute Gasteiger partial charge is 0.418 e. The summed E-state index contributed by atoms with van der Waals surface area (Å²) in [5.41, 5.74) is 1.18. The number of aromatic nitrogens is 1. The Balaban J connectivity index is 1.80. The van der Waals surface area contributed by atoms with E-state index in [1.807, 2.05) is 0 Å². The second-order valence-electron chi connectivity index (χ2n) is 6.90. The zero-order valence-corrected chi connectivity index (χ0v) is 17.4. The number of rotatable bonds is 4. The van der Waals surface area contributed by atoms with Crippen LogP contribution in [0.2, 0.25) is 5.02 Å². The predicted molar refractivity (Wildman–Crippen MR) is 111 cm³/mol. The number of amides is 1. The molecule has 1 aliphatic rings. The van der Waals surface area contributed by atoms with Gasteiger partial charge in [0.2, 0.25) is 0 Å². The van der Waals surface area contributed by atoms with Crippen LogP contribution in [0.3, 0.4) is 0 Å². The van der Waals surface area contributed by atoms with Gasteiger partial charge in [-0.3, -0.25) is 9.78 Å². The molecule has 0 saturated heterocycles. The standard InChI is InChI=1S/C22H17Cl2F3N2O/c1-13(29-21(30)20-18(22(25,26)27)3-2-10-28-20)17(12-23)16-9-8-15(11-19(16)24)7-6-14-4-5-14/h2-3,8-14H,4-5H2,1H3,(H,29,30). The van der Waals surface area contributed by atoms with Crippen LogP contribution < -0.4 is 5.32 Å². The fraction of sp³-hybridized carbons (Fsp3) is 0.273. The van der Waals surface area contributed by atoms with Crippen LogP contribution in [0.25, 0.3) is 5.57 Å². The van der Waals surface area contributed by atoms with E-state index in [0.717, 1.165) is 36.7 Å². The molecule has 1 aromatic carbocycles. The molecule has 0 bridgehead atoms. The number of hydrogen-bond acceptors (Lipinski definition) is 2. The third-order valence-electron chi connectivity index (χ3n) is 4.54. The van der Waals surface area contributed by atoms with E-state index in [1.54, 1.807) is 25.1 Å². The van der Waals surface area contributed by atoms with Gasteiger partial charge in [-0.15, -0.1) is 0 Å². The number of carbonyl (C=O) groups is 1. The summed E-state index contributed by atoms with van der Waals surface area (Å²) in [6.45, 7) is 1.60. The predicted octanol–water partition coefficient (Wildman–Crippen LogP) is 5.91. The zero-order chi connectivity index (χ0) is 21.9. The molecule has 0 radical (unpaired) electrons. The van der Waals surface area contributed by atoms with Crippen molar-refractivity contribution in [1.29, 1.82) is 0 Å². The lowest BCUT2D eigenvalue weighted by atomic mass is 9.99. The fourth-order valence-electron chi connectivity index (χ4n) is 2.78. The SMILES string of the molecule is CC(NC(=O)c1ncccc1C(F)(F)F)C(=CCl)c1ccc(C#CC2CC2)cc1Cl. The molecule has 8 heteroatoms. The summed E-state index contributed by atoms with van der Waals surface area (Å²) in [5.74, 6) is 5.69. The van der Waals surface area contributed by atoms with E-state index in [9.17, 15) is 18.0 Å². The number of carbonyl (C=O) groups excluding carboxylic acids is 1. The molecule has 1 amide bonds. The number of benzene rings is 1. The molecule has 1 saturated carbocycles. The van der Waals surface area contributed by atoms with E-state index in [4.69, 9.17) is 23.2 Å². The van der Waals surface area contributed by atoms with Crippen LogP contribution in [0.1, 0.15) is 46.9 Å². The highest BCUT2D eigenvalue weighted by molar-refractivity contribution is 6.34. The average molecular weight is 453 g/mol. The van der Waals surface area contributed by atoms with Crippen LogP contribution in [0.5, 0.6) is 0 Å². The first-order valence-electron chi connectivity index (χ1n) is 9.15. The molecule has 1 N–H and O–H groups in total. The van der Waals surface area contributed by atoms with Gasteiger partial charge in [0.1, 0.15) is 5.69 Å². The molecule has 30 heavy (non-hydrogen) atoms. The summed E-state index contributed by atoms with van der Waals surface area (Å²) in [4.78, 5) is 16.1. The maximum Gasteiger partial charge on any atom is 0.418 e. The molecular weight excluding hydrogens is 436 g/mol. The molecule has 1 fully saturated rings. The zero-order valence-electron chi connectivity index (χ0n) is 15.9. The lowest BCUT2D eigenvalue weighted by Gasteiger charge is -2.19. The van der Waals surface area contributed by atoms with E-state index in [1.165, 1.54) is 5.54 Å². The summed E-state index contributed by atoms with van der Waals surface area (Å²) in [6, 6.07) is 6.41. The number of halogens is 5. The molecule has 156 valence electrons. The highest BCUT2D eigenvalue weighted by atomic mass is 35.5. The summed E-state index contributed by atoms with van der Waals surface area (Å²) < 4.78 is 39.5. The first kappa shape index (κ1) is 22.2. The molecule has 0 aliphatic heterocycles. The van der Waals surface area contributed by atoms with Crippen molar-refractivity contribution in [1.82, 2.24) is 10.3 Å². The molecule has 1 atom stereocenters. The Hall–Kier alpha value is -2.49. The number of nitrogens with one attached hydrogen (secondary N) is 1. The minimum Gasteiger partial charge on any atom is -0.344 e. The molecule has 2 aromatic rings. The van der Waals surface area contributed by atoms with Gasteiger partial charge in [-0.25, -0.2) is 0 Å². The van der Waals surface area contributed by atoms with Gasteiger partial charge >= 0.3 is 6.18 Å². The van der Waals surface area contributed by atoms with Crippen LogP contribution in [-0.4, -0.2) is 16.9 Å². The van der Waals surface area contributed by atoms with Gasteiger partial charge in [0.25, 0.3) is 5.91 Å². The Bertz CT molecular complexity index is 1050. The van der Waals surface area contributed by atoms with Crippen molar-refractivity contribution < 1.29 is 18.0 Å². The second-order valence-corrected chi connectivity index (χ2v) is 7.52. The lowest BCUT2D eigenvalue weighted by molar-refractivity contribution is -0.138. The fourth-order valence-corrected chi connectivity index (χ4v) is 3.38. The Morgan fingerprint density at radius 3 is 2.67 bits per heavy atom. The van der Waals surface area contributed by atoms with Gasteiger partial charge in [0.05, 0.1) is 11.6 Å². The van der Waals surface area contributed by atoms with Crippen molar-refractivity contribution in [3.05, 3.63) is 69.5 Å². The summed E-state index contributed by atoms with van der Waals surface area (Å²) in [5, 5.41) is 2.88. The van der Waals surface area contributed by atoms with E-state index < -0.39 is 29.4 Å². The third-order valence-corrected chi connectivity index (χ3v) is 5.09. The van der Waals surface area contributed by atoms with Crippen LogP contribution in [0.15, 0.2) is 42.1 Å². The smallest absolute Gasteiger partial charge is 0.344 e. The molecule has 3 rings (SSSR count). The van der Waals surface area contributed by atoms with E-state index in [-0.39, 0.29) is 0 Å². The molecule has 3 nitrogen and oxygen atoms in total. The van der Waals surface area contributed by atoms with Gasteiger partial charge in [-0.05, 0) is 55.2 Å². The van der Waals surface area contributed by atoms with Crippen molar-refractivity contribution in [2.45, 2.75) is 32.0 Å². The van der Waals surface area contributed by atoms with Crippen molar-refractivity contribution >= 4 is 34.7 Å². The number of alkyl halides is 3. The first-order valence-corrected chi connectivity index (χ1v) is 9.97. The van der Waals surface area contributed by atoms with Crippen molar-refractivity contribution in [2.75, 3.05) is 0 Å². The maximum absolute atomic E-state index is 13.2. The second kappa shape index (κ2) is 9.11. The Labute approximate surface area is 182 Å². The minimum absolute atomic E-state index is 0.374. The molecule has 1 aromatic heterocycles. The van der Waals surface area contributed by atoms with Crippen molar-refractivity contribution in [2.24, 2.45) is 5.92 Å². The first-order chi connectivity index (χ1) is 14.2. The third kappa shape index (κ3) is 5.35. The van der Waals surface area contributed by atoms with Gasteiger partial charge in [0.15, 0.2) is 0 Å². The lowest BCUT2D eigenvalue weighted by Crippen LogP contribution is -2.35. The van der Waals surface area contributed by atoms with Crippen molar-refractivity contribution in [3.8, 4) is 11.8 Å². The van der Waals surface area contributed by atoms with Gasteiger partial charge in [-0.1, -0.05) is 41.1 Å². The van der Waals surface area contributed by atoms with E-state index in [2.05, 4.69) is 22.1 Å². The van der Waals surface area contributed by atoms with Gasteiger partial charge < -0.3 is 5.32 Å². The van der Waals surface area contributed by atoms with E-state index in [0.29, 0.717) is 22.1 Å². The molecule has 1 aliphatic carbocycles. The Morgan fingerprint density at radius 1 is 1.33 bits per heavy atom. The summed E-state index contributed by atoms with van der Waals surface area (Å²) in [7, 11) is 0. The highest BCUT2D eigenvalue weighted by Gasteiger charge is 2.36. The van der Waals surface area contributed by atoms with Crippen LogP contribution in [0.4, 0.5) is 13.2 Å². The molecule has 1 unspecified atom stereocenters. The number of pyridine rings is 1. The van der Waals surface area contributed by atoms with Crippen LogP contribution in [-0.2, 0) is 6.18 Å². The number of hydrogen-bond donors (Lipinski definition) is 1. The van der Waals surface area contributed by atoms with Crippen LogP contribution in [0, 0.1) is 17.8 Å². The molecule has 0 spiro atoms. The maximum atomic E-state index is 13.2. The van der Waals surface area contributed by atoms with Gasteiger partial charge in [0, 0.05) is 28.2 Å². The average Bonchev–Trinajstić information content (AvgIpc) is 3.52. The minimum atomic E-state index is -4.70. The number of nitrogens with zero attached hydrogens (tertiary/aromatic N) is 1. The summed E-state index contributed by atoms with van der Waals surface area (Å²) in [6.07, 6.45) is -1.34. The topological polar surface area (TPSA) is 42.0 Å². The normalized spacial score (nSPS) is 15.2. The summed E-state index contributed by atoms with van der Waals surface area (Å²) >= 11 is 12.3. The quantitative estimate of drug-likeness (QED) is 0.585. The molecule has 1 heterocycles. The monoisotopic (exact) mass is 452 g/mol. The highest BCUT2D eigenvalue weighted by Crippen LogP contribution is 2.32.